The monoisotopic (exact) mass is 300 g/mol. The second-order valence-electron chi connectivity index (χ2n) is 6.01. The molecule has 1 saturated carbocycles. The molecule has 1 fully saturated rings. The zero-order valence-corrected chi connectivity index (χ0v) is 12.1. The number of benzene rings is 1. The Morgan fingerprint density at radius 2 is 1.90 bits per heavy atom. The van der Waals surface area contributed by atoms with Crippen molar-refractivity contribution in [3.05, 3.63) is 35.4 Å². The van der Waals surface area contributed by atoms with Crippen LogP contribution in [0.25, 0.3) is 0 Å². The van der Waals surface area contributed by atoms with E-state index in [4.69, 9.17) is 5.84 Å². The Labute approximate surface area is 123 Å². The minimum absolute atomic E-state index is 0.0385. The van der Waals surface area contributed by atoms with Gasteiger partial charge in [-0.3, -0.25) is 11.3 Å². The quantitative estimate of drug-likeness (QED) is 0.636. The Balaban J connectivity index is 1.97. The van der Waals surface area contributed by atoms with Crippen molar-refractivity contribution >= 4 is 0 Å². The smallest absolute Gasteiger partial charge is 0.271 e. The van der Waals surface area contributed by atoms with Crippen LogP contribution >= 0.6 is 0 Å². The van der Waals surface area contributed by atoms with Gasteiger partial charge in [-0.15, -0.1) is 0 Å². The summed E-state index contributed by atoms with van der Waals surface area (Å²) in [5.41, 5.74) is 2.87. The van der Waals surface area contributed by atoms with Gasteiger partial charge in [0.15, 0.2) is 0 Å². The molecule has 1 aromatic rings. The predicted octanol–water partition coefficient (Wildman–Crippen LogP) is 4.05. The number of hydrogen-bond donors (Lipinski definition) is 2. The van der Waals surface area contributed by atoms with Gasteiger partial charge in [0.2, 0.25) is 0 Å². The van der Waals surface area contributed by atoms with E-state index in [1.807, 2.05) is 0 Å². The van der Waals surface area contributed by atoms with Crippen LogP contribution in [0.15, 0.2) is 24.3 Å². The second kappa shape index (κ2) is 7.27. The number of rotatable bonds is 5. The summed E-state index contributed by atoms with van der Waals surface area (Å²) < 4.78 is 38.2. The fourth-order valence-electron chi connectivity index (χ4n) is 3.19. The highest BCUT2D eigenvalue weighted by molar-refractivity contribution is 5.26. The van der Waals surface area contributed by atoms with Crippen molar-refractivity contribution in [2.45, 2.75) is 57.2 Å². The third kappa shape index (κ3) is 5.00. The Hall–Kier alpha value is -1.07. The van der Waals surface area contributed by atoms with Crippen LogP contribution in [0.4, 0.5) is 13.2 Å². The van der Waals surface area contributed by atoms with Gasteiger partial charge in [-0.2, -0.15) is 13.2 Å². The van der Waals surface area contributed by atoms with E-state index in [1.165, 1.54) is 44.2 Å². The Bertz CT molecular complexity index is 439. The first-order chi connectivity index (χ1) is 9.99. The number of alkyl halides is 3. The molecule has 3 N–H and O–H groups in total. The minimum Gasteiger partial charge on any atom is -0.271 e. The first-order valence-electron chi connectivity index (χ1n) is 7.61. The average molecular weight is 300 g/mol. The van der Waals surface area contributed by atoms with Crippen molar-refractivity contribution in [3.8, 4) is 0 Å². The maximum absolute atomic E-state index is 12.7. The molecule has 0 spiro atoms. The molecule has 2 rings (SSSR count). The molecular formula is C16H23F3N2. The van der Waals surface area contributed by atoms with Crippen LogP contribution in [0, 0.1) is 5.92 Å². The molecule has 0 amide bonds. The lowest BCUT2D eigenvalue weighted by molar-refractivity contribution is -0.137. The maximum Gasteiger partial charge on any atom is 0.416 e. The van der Waals surface area contributed by atoms with Gasteiger partial charge in [0, 0.05) is 6.04 Å². The van der Waals surface area contributed by atoms with Crippen LogP contribution in [-0.2, 0) is 12.6 Å². The van der Waals surface area contributed by atoms with Crippen molar-refractivity contribution in [1.29, 1.82) is 0 Å². The summed E-state index contributed by atoms with van der Waals surface area (Å²) in [5.74, 6) is 6.23. The molecule has 1 aliphatic carbocycles. The average Bonchev–Trinajstić information content (AvgIpc) is 2.47. The van der Waals surface area contributed by atoms with E-state index in [0.717, 1.165) is 12.5 Å². The van der Waals surface area contributed by atoms with Gasteiger partial charge >= 0.3 is 6.18 Å². The molecule has 0 aliphatic heterocycles. The van der Waals surface area contributed by atoms with Gasteiger partial charge in [-0.25, -0.2) is 0 Å². The van der Waals surface area contributed by atoms with Crippen molar-refractivity contribution < 1.29 is 13.2 Å². The van der Waals surface area contributed by atoms with E-state index in [2.05, 4.69) is 5.43 Å². The van der Waals surface area contributed by atoms with E-state index in [1.54, 1.807) is 6.07 Å². The molecule has 1 unspecified atom stereocenters. The van der Waals surface area contributed by atoms with Crippen LogP contribution in [0.2, 0.25) is 0 Å². The van der Waals surface area contributed by atoms with Crippen LogP contribution in [-0.4, -0.2) is 6.04 Å². The highest BCUT2D eigenvalue weighted by atomic mass is 19.4. The summed E-state index contributed by atoms with van der Waals surface area (Å²) in [6.45, 7) is 0. The molecular weight excluding hydrogens is 277 g/mol. The lowest BCUT2D eigenvalue weighted by atomic mass is 9.83. The normalized spacial score (nSPS) is 18.7. The molecule has 1 aliphatic rings. The molecule has 0 radical (unpaired) electrons. The minimum atomic E-state index is -4.29. The molecule has 1 atom stereocenters. The van der Waals surface area contributed by atoms with Gasteiger partial charge < -0.3 is 0 Å². The molecule has 118 valence electrons. The van der Waals surface area contributed by atoms with E-state index < -0.39 is 11.7 Å². The van der Waals surface area contributed by atoms with Crippen LogP contribution in [0.1, 0.15) is 49.7 Å². The van der Waals surface area contributed by atoms with Crippen molar-refractivity contribution in [2.24, 2.45) is 11.8 Å². The zero-order chi connectivity index (χ0) is 15.3. The van der Waals surface area contributed by atoms with Crippen LogP contribution < -0.4 is 11.3 Å². The predicted molar refractivity (Wildman–Crippen MR) is 77.5 cm³/mol. The summed E-state index contributed by atoms with van der Waals surface area (Å²) in [6, 6.07) is 5.57. The van der Waals surface area contributed by atoms with E-state index >= 15 is 0 Å². The lowest BCUT2D eigenvalue weighted by Gasteiger charge is -2.26. The second-order valence-corrected chi connectivity index (χ2v) is 6.01. The summed E-state index contributed by atoms with van der Waals surface area (Å²) in [6.07, 6.45) is 3.41. The van der Waals surface area contributed by atoms with Gasteiger partial charge in [-0.05, 0) is 30.4 Å². The number of nitrogens with two attached hydrogens (primary N) is 1. The van der Waals surface area contributed by atoms with E-state index in [9.17, 15) is 13.2 Å². The van der Waals surface area contributed by atoms with Crippen molar-refractivity contribution in [3.63, 3.8) is 0 Å². The van der Waals surface area contributed by atoms with Crippen molar-refractivity contribution in [2.75, 3.05) is 0 Å². The molecule has 21 heavy (non-hydrogen) atoms. The highest BCUT2D eigenvalue weighted by Gasteiger charge is 2.30. The molecule has 1 aromatic carbocycles. The Kier molecular flexibility index (Phi) is 5.65. The third-order valence-corrected chi connectivity index (χ3v) is 4.31. The van der Waals surface area contributed by atoms with Crippen LogP contribution in [0.3, 0.4) is 0 Å². The fraction of sp³-hybridized carbons (Fsp3) is 0.625. The standard InChI is InChI=1S/C16H23F3N2/c17-16(18,19)14-8-4-7-13(9-14)11-15(21-20)10-12-5-2-1-3-6-12/h4,7-9,12,15,21H,1-3,5-6,10-11,20H2. The van der Waals surface area contributed by atoms with Crippen molar-refractivity contribution in [1.82, 2.24) is 5.43 Å². The zero-order valence-electron chi connectivity index (χ0n) is 12.1. The molecule has 2 nitrogen and oxygen atoms in total. The molecule has 0 saturated heterocycles. The third-order valence-electron chi connectivity index (χ3n) is 4.31. The van der Waals surface area contributed by atoms with Gasteiger partial charge in [-0.1, -0.05) is 50.3 Å². The molecule has 0 aromatic heterocycles. The van der Waals surface area contributed by atoms with Gasteiger partial charge in [0.1, 0.15) is 0 Å². The summed E-state index contributed by atoms with van der Waals surface area (Å²) in [7, 11) is 0. The number of hydrogen-bond acceptors (Lipinski definition) is 2. The topological polar surface area (TPSA) is 38.0 Å². The van der Waals surface area contributed by atoms with E-state index in [0.29, 0.717) is 17.9 Å². The summed E-state index contributed by atoms with van der Waals surface area (Å²) in [5, 5.41) is 0. The fourth-order valence-corrected chi connectivity index (χ4v) is 3.19. The number of halogens is 3. The first kappa shape index (κ1) is 16.3. The largest absolute Gasteiger partial charge is 0.416 e. The van der Waals surface area contributed by atoms with Gasteiger partial charge in [0.05, 0.1) is 5.56 Å². The summed E-state index contributed by atoms with van der Waals surface area (Å²) >= 11 is 0. The molecule has 5 heteroatoms. The Morgan fingerprint density at radius 3 is 2.52 bits per heavy atom. The molecule has 0 heterocycles. The maximum atomic E-state index is 12.7. The first-order valence-corrected chi connectivity index (χ1v) is 7.61. The lowest BCUT2D eigenvalue weighted by Crippen LogP contribution is -2.38. The van der Waals surface area contributed by atoms with Crippen LogP contribution in [0.5, 0.6) is 0 Å². The van der Waals surface area contributed by atoms with Gasteiger partial charge in [0.25, 0.3) is 0 Å². The molecule has 0 bridgehead atoms. The van der Waals surface area contributed by atoms with E-state index in [-0.39, 0.29) is 6.04 Å². The SMILES string of the molecule is NNC(Cc1cccc(C(F)(F)F)c1)CC1CCCCC1. The number of nitrogens with one attached hydrogen (secondary N) is 1. The number of hydrazine groups is 1. The summed E-state index contributed by atoms with van der Waals surface area (Å²) in [4.78, 5) is 0. The Morgan fingerprint density at radius 1 is 1.19 bits per heavy atom. The highest BCUT2D eigenvalue weighted by Crippen LogP contribution is 2.31.